The average molecular weight is 356 g/mol. The molecule has 138 valence electrons. The number of carbonyl (C=O) groups excluding carboxylic acids is 1. The van der Waals surface area contributed by atoms with Crippen molar-refractivity contribution in [3.63, 3.8) is 0 Å². The molecule has 1 N–H and O–H groups in total. The topological polar surface area (TPSA) is 88.9 Å². The molecule has 8 heteroatoms. The van der Waals surface area contributed by atoms with Crippen molar-refractivity contribution in [2.45, 2.75) is 44.2 Å². The van der Waals surface area contributed by atoms with Crippen LogP contribution in [0.4, 0.5) is 0 Å². The Bertz CT molecular complexity index is 806. The number of hydrogen-bond acceptors (Lipinski definition) is 5. The predicted molar refractivity (Wildman–Crippen MR) is 92.5 cm³/mol. The number of ether oxygens (including phenoxy) is 1. The van der Waals surface area contributed by atoms with E-state index in [0.29, 0.717) is 36.7 Å². The number of rotatable bonds is 6. The molecule has 3 fully saturated rings. The van der Waals surface area contributed by atoms with Gasteiger partial charge in [0.25, 0.3) is 5.91 Å². The second-order valence-electron chi connectivity index (χ2n) is 7.83. The zero-order chi connectivity index (χ0) is 17.7. The molecular weight excluding hydrogens is 332 g/mol. The lowest BCUT2D eigenvalue weighted by molar-refractivity contribution is 0.0773. The summed E-state index contributed by atoms with van der Waals surface area (Å²) in [4.78, 5) is 19.6. The van der Waals surface area contributed by atoms with Gasteiger partial charge in [-0.25, -0.2) is 9.67 Å². The maximum atomic E-state index is 12.9. The molecular formula is C18H24N6O2. The third-order valence-corrected chi connectivity index (χ3v) is 5.81. The second kappa shape index (κ2) is 6.19. The molecule has 1 saturated heterocycles. The molecule has 0 bridgehead atoms. The molecule has 0 unspecified atom stereocenters. The summed E-state index contributed by atoms with van der Waals surface area (Å²) in [6, 6.07) is 1.76. The maximum absolute atomic E-state index is 12.9. The van der Waals surface area contributed by atoms with Crippen LogP contribution in [0.2, 0.25) is 0 Å². The van der Waals surface area contributed by atoms with E-state index in [-0.39, 0.29) is 11.8 Å². The van der Waals surface area contributed by atoms with Gasteiger partial charge in [-0.15, -0.1) is 0 Å². The van der Waals surface area contributed by atoms with E-state index in [4.69, 9.17) is 9.72 Å². The van der Waals surface area contributed by atoms with Crippen LogP contribution in [0.5, 0.6) is 0 Å². The first kappa shape index (κ1) is 16.0. The number of carbonyl (C=O) groups is 1. The smallest absolute Gasteiger partial charge is 0.274 e. The molecule has 1 amide bonds. The average Bonchev–Trinajstić information content (AvgIpc) is 3.53. The Balaban J connectivity index is 1.34. The van der Waals surface area contributed by atoms with Crippen LogP contribution in [0.3, 0.4) is 0 Å². The number of nitrogens with zero attached hydrogens (tertiary/aromatic N) is 5. The van der Waals surface area contributed by atoms with Crippen LogP contribution >= 0.6 is 0 Å². The molecule has 0 radical (unpaired) electrons. The van der Waals surface area contributed by atoms with E-state index in [1.165, 1.54) is 25.7 Å². The van der Waals surface area contributed by atoms with Gasteiger partial charge < -0.3 is 9.64 Å². The summed E-state index contributed by atoms with van der Waals surface area (Å²) in [7, 11) is 1.61. The van der Waals surface area contributed by atoms with Gasteiger partial charge in [-0.2, -0.15) is 10.2 Å². The van der Waals surface area contributed by atoms with Crippen LogP contribution in [-0.4, -0.2) is 56.0 Å². The number of aromatic nitrogens is 5. The minimum Gasteiger partial charge on any atom is -0.362 e. The van der Waals surface area contributed by atoms with Crippen molar-refractivity contribution in [2.24, 2.45) is 11.8 Å². The second-order valence-corrected chi connectivity index (χ2v) is 7.83. The molecule has 2 aromatic heterocycles. The molecule has 8 nitrogen and oxygen atoms in total. The summed E-state index contributed by atoms with van der Waals surface area (Å²) in [6.07, 6.45) is 6.69. The number of H-pyrrole nitrogens is 1. The van der Waals surface area contributed by atoms with Gasteiger partial charge in [-0.1, -0.05) is 0 Å². The summed E-state index contributed by atoms with van der Waals surface area (Å²) in [5.74, 6) is 3.89. The predicted octanol–water partition coefficient (Wildman–Crippen LogP) is 1.75. The van der Waals surface area contributed by atoms with Crippen molar-refractivity contribution < 1.29 is 9.53 Å². The highest BCUT2D eigenvalue weighted by Crippen LogP contribution is 2.47. The summed E-state index contributed by atoms with van der Waals surface area (Å²) < 4.78 is 6.70. The first-order chi connectivity index (χ1) is 12.7. The molecule has 0 spiro atoms. The van der Waals surface area contributed by atoms with Crippen molar-refractivity contribution in [1.29, 1.82) is 0 Å². The van der Waals surface area contributed by atoms with Crippen LogP contribution in [-0.2, 0) is 11.5 Å². The van der Waals surface area contributed by atoms with E-state index >= 15 is 0 Å². The molecule has 3 aliphatic rings. The number of hydrogen-bond donors (Lipinski definition) is 1. The fourth-order valence-electron chi connectivity index (χ4n) is 4.11. The molecule has 1 aliphatic heterocycles. The van der Waals surface area contributed by atoms with Crippen molar-refractivity contribution in [2.75, 3.05) is 20.2 Å². The van der Waals surface area contributed by atoms with Crippen molar-refractivity contribution >= 4 is 5.91 Å². The fourth-order valence-corrected chi connectivity index (χ4v) is 4.11. The summed E-state index contributed by atoms with van der Waals surface area (Å²) in [6.45, 7) is 1.82. The Labute approximate surface area is 151 Å². The SMILES string of the molecule is COCn1ccc(C(=O)N2C[C@H](c3nc(C4CC4)n[nH]3)[C@@H](C3CC3)C2)n1. The quantitative estimate of drug-likeness (QED) is 0.852. The van der Waals surface area contributed by atoms with Crippen molar-refractivity contribution in [3.05, 3.63) is 29.6 Å². The van der Waals surface area contributed by atoms with Crippen molar-refractivity contribution in [1.82, 2.24) is 29.9 Å². The van der Waals surface area contributed by atoms with Gasteiger partial charge in [0.1, 0.15) is 18.2 Å². The highest BCUT2D eigenvalue weighted by atomic mass is 16.5. The highest BCUT2D eigenvalue weighted by Gasteiger charge is 2.46. The number of methoxy groups -OCH3 is 1. The van der Waals surface area contributed by atoms with E-state index in [1.54, 1.807) is 24.1 Å². The first-order valence-corrected chi connectivity index (χ1v) is 9.47. The lowest BCUT2D eigenvalue weighted by Gasteiger charge is -2.14. The zero-order valence-electron chi connectivity index (χ0n) is 15.0. The minimum atomic E-state index is -0.00469. The molecule has 3 heterocycles. The van der Waals surface area contributed by atoms with Crippen LogP contribution in [0.25, 0.3) is 0 Å². The van der Waals surface area contributed by atoms with Crippen LogP contribution in [0.1, 0.15) is 59.7 Å². The van der Waals surface area contributed by atoms with Crippen LogP contribution < -0.4 is 0 Å². The number of aromatic amines is 1. The lowest BCUT2D eigenvalue weighted by Crippen LogP contribution is -2.29. The van der Waals surface area contributed by atoms with E-state index in [2.05, 4.69) is 15.3 Å². The summed E-state index contributed by atoms with van der Waals surface area (Å²) in [5, 5.41) is 11.9. The van der Waals surface area contributed by atoms with Gasteiger partial charge in [0, 0.05) is 38.2 Å². The molecule has 5 rings (SSSR count). The summed E-state index contributed by atoms with van der Waals surface area (Å²) >= 11 is 0. The van der Waals surface area contributed by atoms with Gasteiger partial charge in [0.2, 0.25) is 0 Å². The lowest BCUT2D eigenvalue weighted by atomic mass is 9.91. The van der Waals surface area contributed by atoms with Gasteiger partial charge in [-0.05, 0) is 43.6 Å². The largest absolute Gasteiger partial charge is 0.362 e. The van der Waals surface area contributed by atoms with E-state index in [1.807, 2.05) is 4.90 Å². The van der Waals surface area contributed by atoms with Gasteiger partial charge in [-0.3, -0.25) is 9.89 Å². The third kappa shape index (κ3) is 2.92. The molecule has 2 aromatic rings. The first-order valence-electron chi connectivity index (χ1n) is 9.47. The standard InChI is InChI=1S/C18H24N6O2/c1-26-10-24-7-6-15(22-24)18(25)23-8-13(11-2-3-11)14(9-23)17-19-16(20-21-17)12-4-5-12/h6-7,11-14H,2-5,8-10H2,1H3,(H,19,20,21)/t13-,14+/m1/s1. The third-order valence-electron chi connectivity index (χ3n) is 5.81. The summed E-state index contributed by atoms with van der Waals surface area (Å²) in [5.41, 5.74) is 0.480. The maximum Gasteiger partial charge on any atom is 0.274 e. The Morgan fingerprint density at radius 2 is 2.15 bits per heavy atom. The molecule has 2 aliphatic carbocycles. The van der Waals surface area contributed by atoms with Crippen LogP contribution in [0.15, 0.2) is 12.3 Å². The number of nitrogens with one attached hydrogen (secondary N) is 1. The molecule has 26 heavy (non-hydrogen) atoms. The zero-order valence-corrected chi connectivity index (χ0v) is 15.0. The van der Waals surface area contributed by atoms with E-state index in [0.717, 1.165) is 18.2 Å². The van der Waals surface area contributed by atoms with Crippen molar-refractivity contribution in [3.8, 4) is 0 Å². The number of amides is 1. The Hall–Kier alpha value is -2.22. The van der Waals surface area contributed by atoms with Gasteiger partial charge >= 0.3 is 0 Å². The van der Waals surface area contributed by atoms with E-state index < -0.39 is 0 Å². The van der Waals surface area contributed by atoms with Crippen LogP contribution in [0, 0.1) is 11.8 Å². The minimum absolute atomic E-state index is 0.00469. The Morgan fingerprint density at radius 3 is 2.88 bits per heavy atom. The highest BCUT2D eigenvalue weighted by molar-refractivity contribution is 5.92. The van der Waals surface area contributed by atoms with E-state index in [9.17, 15) is 4.79 Å². The Kier molecular flexibility index (Phi) is 3.81. The van der Waals surface area contributed by atoms with Gasteiger partial charge in [0.05, 0.1) is 0 Å². The Morgan fingerprint density at radius 1 is 1.31 bits per heavy atom. The van der Waals surface area contributed by atoms with Gasteiger partial charge in [0.15, 0.2) is 5.82 Å². The fraction of sp³-hybridized carbons (Fsp3) is 0.667. The molecule has 2 saturated carbocycles. The number of likely N-dealkylation sites (tertiary alicyclic amines) is 1. The molecule has 0 aromatic carbocycles. The monoisotopic (exact) mass is 356 g/mol. The molecule has 2 atom stereocenters. The normalized spacial score (nSPS) is 25.8.